The summed E-state index contributed by atoms with van der Waals surface area (Å²) in [7, 11) is 0. The number of anilines is 4. The number of halogens is 1. The molecule has 32 heavy (non-hydrogen) atoms. The fourth-order valence-electron chi connectivity index (χ4n) is 4.54. The summed E-state index contributed by atoms with van der Waals surface area (Å²) < 4.78 is 20.2. The van der Waals surface area contributed by atoms with Crippen LogP contribution in [0.2, 0.25) is 0 Å². The molecule has 11 heteroatoms. The van der Waals surface area contributed by atoms with Gasteiger partial charge in [-0.25, -0.2) is 14.2 Å². The van der Waals surface area contributed by atoms with Crippen molar-refractivity contribution in [2.45, 2.75) is 19.1 Å². The van der Waals surface area contributed by atoms with Crippen LogP contribution in [0, 0.1) is 17.7 Å². The predicted molar refractivity (Wildman–Crippen MR) is 116 cm³/mol. The average molecular weight is 441 g/mol. The van der Waals surface area contributed by atoms with Gasteiger partial charge in [-0.3, -0.25) is 9.69 Å². The number of rotatable bonds is 6. The molecule has 1 aromatic carbocycles. The molecule has 1 aliphatic carbocycles. The van der Waals surface area contributed by atoms with Gasteiger partial charge >= 0.3 is 6.09 Å². The van der Waals surface area contributed by atoms with Crippen LogP contribution in [-0.4, -0.2) is 60.3 Å². The monoisotopic (exact) mass is 441 g/mol. The Morgan fingerprint density at radius 1 is 1.28 bits per heavy atom. The minimum Gasteiger partial charge on any atom is -0.442 e. The number of nitrogens with one attached hydrogen (secondary N) is 2. The molecule has 4 N–H and O–H groups in total. The van der Waals surface area contributed by atoms with Crippen molar-refractivity contribution < 1.29 is 18.7 Å². The van der Waals surface area contributed by atoms with Gasteiger partial charge in [-0.2, -0.15) is 4.98 Å². The van der Waals surface area contributed by atoms with Crippen LogP contribution in [0.15, 0.2) is 30.5 Å². The fraction of sp³-hybridized carbons (Fsp3) is 0.429. The summed E-state index contributed by atoms with van der Waals surface area (Å²) in [5, 5.41) is 5.94. The summed E-state index contributed by atoms with van der Waals surface area (Å²) in [5.74, 6) is 1.13. The Balaban J connectivity index is 1.19. The van der Waals surface area contributed by atoms with Crippen molar-refractivity contribution in [1.29, 1.82) is 0 Å². The highest BCUT2D eigenvalue weighted by atomic mass is 19.1. The lowest BCUT2D eigenvalue weighted by molar-refractivity contribution is -0.119. The molecule has 3 aliphatic rings. The maximum atomic E-state index is 14.9. The molecule has 168 valence electrons. The molecule has 1 saturated carbocycles. The molecular weight excluding hydrogens is 417 g/mol. The highest BCUT2D eigenvalue weighted by Gasteiger charge is 2.56. The first-order valence-corrected chi connectivity index (χ1v) is 10.5. The number of nitrogens with zero attached hydrogens (tertiary/aromatic N) is 4. The van der Waals surface area contributed by atoms with Crippen molar-refractivity contribution in [2.75, 3.05) is 47.0 Å². The second-order valence-electron chi connectivity index (χ2n) is 8.40. The number of hydrogen-bond acceptors (Lipinski definition) is 8. The number of aromatic nitrogens is 2. The second-order valence-corrected chi connectivity index (χ2v) is 8.40. The number of cyclic esters (lactones) is 1. The number of piperidine rings is 1. The average Bonchev–Trinajstić information content (AvgIpc) is 3.07. The molecule has 0 spiro atoms. The fourth-order valence-corrected chi connectivity index (χ4v) is 4.54. The molecule has 3 heterocycles. The van der Waals surface area contributed by atoms with E-state index >= 15 is 0 Å². The van der Waals surface area contributed by atoms with Gasteiger partial charge in [-0.05, 0) is 24.3 Å². The Labute approximate surface area is 183 Å². The first-order valence-electron chi connectivity index (χ1n) is 10.5. The Morgan fingerprint density at radius 2 is 2.06 bits per heavy atom. The summed E-state index contributed by atoms with van der Waals surface area (Å²) in [6.45, 7) is 3.33. The second kappa shape index (κ2) is 7.81. The number of nitrogens with two attached hydrogens (primary N) is 1. The molecule has 0 bridgehead atoms. The smallest absolute Gasteiger partial charge is 0.414 e. The Kier molecular flexibility index (Phi) is 4.95. The first-order chi connectivity index (χ1) is 15.4. The number of carbonyl (C=O) groups is 2. The SMILES string of the molecule is CC(=O)NC[C@H]1CN(c2ccc(N3CC4C(C3)C4Nc3nccc(N)n3)c(F)c2)C(=O)O1. The van der Waals surface area contributed by atoms with E-state index < -0.39 is 12.2 Å². The van der Waals surface area contributed by atoms with E-state index in [2.05, 4.69) is 20.6 Å². The quantitative estimate of drug-likeness (QED) is 0.611. The zero-order valence-corrected chi connectivity index (χ0v) is 17.5. The van der Waals surface area contributed by atoms with E-state index in [1.54, 1.807) is 24.4 Å². The summed E-state index contributed by atoms with van der Waals surface area (Å²) in [6, 6.07) is 6.68. The van der Waals surface area contributed by atoms with Gasteiger partial charge in [0.25, 0.3) is 0 Å². The van der Waals surface area contributed by atoms with Gasteiger partial charge in [0.15, 0.2) is 0 Å². The van der Waals surface area contributed by atoms with Crippen molar-refractivity contribution in [3.63, 3.8) is 0 Å². The van der Waals surface area contributed by atoms with E-state index in [0.29, 0.717) is 35.0 Å². The molecule has 3 fully saturated rings. The van der Waals surface area contributed by atoms with Crippen LogP contribution in [0.3, 0.4) is 0 Å². The Hall–Kier alpha value is -3.63. The van der Waals surface area contributed by atoms with Crippen LogP contribution < -0.4 is 26.2 Å². The minimum atomic E-state index is -0.549. The van der Waals surface area contributed by atoms with Gasteiger partial charge in [0.1, 0.15) is 17.7 Å². The number of carbonyl (C=O) groups excluding carboxylic acids is 2. The van der Waals surface area contributed by atoms with Crippen molar-refractivity contribution in [1.82, 2.24) is 15.3 Å². The molecule has 2 saturated heterocycles. The number of amides is 2. The number of ether oxygens (including phenoxy) is 1. The summed E-state index contributed by atoms with van der Waals surface area (Å²) in [6.07, 6.45) is 0.602. The first kappa shape index (κ1) is 20.3. The third-order valence-corrected chi connectivity index (χ3v) is 6.20. The molecule has 10 nitrogen and oxygen atoms in total. The molecule has 2 aliphatic heterocycles. The zero-order valence-electron chi connectivity index (χ0n) is 17.5. The highest BCUT2D eigenvalue weighted by Crippen LogP contribution is 2.48. The van der Waals surface area contributed by atoms with E-state index in [9.17, 15) is 14.0 Å². The Morgan fingerprint density at radius 3 is 2.75 bits per heavy atom. The van der Waals surface area contributed by atoms with E-state index in [4.69, 9.17) is 10.5 Å². The lowest BCUT2D eigenvalue weighted by Crippen LogP contribution is -2.33. The highest BCUT2D eigenvalue weighted by molar-refractivity contribution is 5.90. The van der Waals surface area contributed by atoms with Crippen LogP contribution in [0.5, 0.6) is 0 Å². The number of nitrogen functional groups attached to an aromatic ring is 1. The normalized spacial score (nSPS) is 26.0. The van der Waals surface area contributed by atoms with Crippen LogP contribution >= 0.6 is 0 Å². The Bertz CT molecular complexity index is 1060. The van der Waals surface area contributed by atoms with E-state index in [1.807, 2.05) is 4.90 Å². The molecule has 2 amide bonds. The van der Waals surface area contributed by atoms with Crippen LogP contribution in [-0.2, 0) is 9.53 Å². The lowest BCUT2D eigenvalue weighted by Gasteiger charge is -2.24. The minimum absolute atomic E-state index is 0.198. The van der Waals surface area contributed by atoms with Gasteiger partial charge in [-0.1, -0.05) is 0 Å². The molecule has 5 rings (SSSR count). The van der Waals surface area contributed by atoms with Gasteiger partial charge in [0, 0.05) is 44.1 Å². The van der Waals surface area contributed by atoms with E-state index in [-0.39, 0.29) is 30.9 Å². The van der Waals surface area contributed by atoms with Crippen molar-refractivity contribution in [3.8, 4) is 0 Å². The topological polar surface area (TPSA) is 126 Å². The molecular formula is C21H24FN7O3. The number of fused-ring (bicyclic) bond motifs is 1. The van der Waals surface area contributed by atoms with Crippen LogP contribution in [0.4, 0.5) is 32.3 Å². The van der Waals surface area contributed by atoms with Gasteiger partial charge in [-0.15, -0.1) is 0 Å². The molecule has 3 atom stereocenters. The molecule has 2 unspecified atom stereocenters. The van der Waals surface area contributed by atoms with Crippen molar-refractivity contribution in [2.24, 2.45) is 11.8 Å². The van der Waals surface area contributed by atoms with Gasteiger partial charge in [0.05, 0.1) is 24.5 Å². The zero-order chi connectivity index (χ0) is 22.4. The van der Waals surface area contributed by atoms with Crippen molar-refractivity contribution in [3.05, 3.63) is 36.3 Å². The standard InChI is InChI=1S/C21H24FN7O3/c1-11(30)25-7-13-8-29(21(31)32-13)12-2-3-17(16(22)6-12)28-9-14-15(10-28)19(14)27-20-24-5-4-18(23)26-20/h2-6,13-15,19H,7-10H2,1H3,(H,25,30)(H3,23,24,26,27)/t13-,14?,15?,19?/m0/s1. The van der Waals surface area contributed by atoms with Crippen molar-refractivity contribution >= 4 is 35.1 Å². The van der Waals surface area contributed by atoms with E-state index in [0.717, 1.165) is 13.1 Å². The van der Waals surface area contributed by atoms with Crippen LogP contribution in [0.1, 0.15) is 6.92 Å². The third-order valence-electron chi connectivity index (χ3n) is 6.20. The summed E-state index contributed by atoms with van der Waals surface area (Å²) in [4.78, 5) is 35.0. The van der Waals surface area contributed by atoms with Gasteiger partial charge in [0.2, 0.25) is 11.9 Å². The number of hydrogen-bond donors (Lipinski definition) is 3. The number of benzene rings is 1. The van der Waals surface area contributed by atoms with Gasteiger partial charge < -0.3 is 26.0 Å². The maximum absolute atomic E-state index is 14.9. The molecule has 2 aromatic rings. The maximum Gasteiger partial charge on any atom is 0.414 e. The van der Waals surface area contributed by atoms with E-state index in [1.165, 1.54) is 17.9 Å². The predicted octanol–water partition coefficient (Wildman–Crippen LogP) is 1.21. The third kappa shape index (κ3) is 3.85. The summed E-state index contributed by atoms with van der Waals surface area (Å²) in [5.41, 5.74) is 6.65. The largest absolute Gasteiger partial charge is 0.442 e. The van der Waals surface area contributed by atoms with Crippen LogP contribution in [0.25, 0.3) is 0 Å². The molecule has 0 radical (unpaired) electrons. The lowest BCUT2D eigenvalue weighted by atomic mass is 10.2. The summed E-state index contributed by atoms with van der Waals surface area (Å²) >= 11 is 0. The molecule has 1 aromatic heterocycles.